The molecule has 0 aliphatic rings. The van der Waals surface area contributed by atoms with E-state index in [4.69, 9.17) is 16.5 Å². The lowest BCUT2D eigenvalue weighted by Gasteiger charge is -2.04. The average molecular weight is 535 g/mol. The van der Waals surface area contributed by atoms with Crippen molar-refractivity contribution in [1.82, 2.24) is 4.98 Å². The number of benzene rings is 2. The maximum absolute atomic E-state index is 6.15. The largest absolute Gasteiger partial charge is 0.383 e. The maximum atomic E-state index is 6.15. The van der Waals surface area contributed by atoms with E-state index in [9.17, 15) is 0 Å². The molecule has 9 heteroatoms. The first-order valence-corrected chi connectivity index (χ1v) is 12.2. The highest BCUT2D eigenvalue weighted by Gasteiger charge is 2.12. The molecule has 0 bridgehead atoms. The van der Waals surface area contributed by atoms with Crippen LogP contribution >= 0.6 is 47.5 Å². The van der Waals surface area contributed by atoms with Crippen molar-refractivity contribution in [2.45, 2.75) is 39.8 Å². The molecule has 0 unspecified atom stereocenters. The van der Waals surface area contributed by atoms with Crippen LogP contribution in [0, 0.1) is 0 Å². The molecule has 5 nitrogen and oxygen atoms in total. The van der Waals surface area contributed by atoms with Gasteiger partial charge in [-0.3, -0.25) is 9.98 Å². The summed E-state index contributed by atoms with van der Waals surface area (Å²) >= 11 is 3.41. The van der Waals surface area contributed by atoms with Gasteiger partial charge >= 0.3 is 0 Å². The van der Waals surface area contributed by atoms with E-state index in [0.29, 0.717) is 11.7 Å². The maximum Gasteiger partial charge on any atom is 0.134 e. The molecule has 0 amide bonds. The number of hydrogen-bond acceptors (Lipinski definition) is 5. The van der Waals surface area contributed by atoms with E-state index in [-0.39, 0.29) is 36.9 Å². The van der Waals surface area contributed by atoms with Crippen molar-refractivity contribution in [1.29, 1.82) is 0 Å². The van der Waals surface area contributed by atoms with Gasteiger partial charge in [-0.25, -0.2) is 4.98 Å². The quantitative estimate of drug-likeness (QED) is 0.212. The zero-order chi connectivity index (χ0) is 22.8. The summed E-state index contributed by atoms with van der Waals surface area (Å²) in [4.78, 5) is 16.0. The Bertz CT molecular complexity index is 1300. The molecule has 0 aliphatic heterocycles. The molecule has 2 aromatic heterocycles. The molecule has 0 fully saturated rings. The summed E-state index contributed by atoms with van der Waals surface area (Å²) in [7, 11) is 0. The van der Waals surface area contributed by atoms with Crippen LogP contribution < -0.4 is 11.5 Å². The Labute approximate surface area is 220 Å². The van der Waals surface area contributed by atoms with Crippen molar-refractivity contribution in [2.75, 3.05) is 0 Å². The van der Waals surface area contributed by atoms with Gasteiger partial charge in [-0.1, -0.05) is 24.3 Å². The van der Waals surface area contributed by atoms with Crippen LogP contribution in [-0.2, 0) is 0 Å². The van der Waals surface area contributed by atoms with Gasteiger partial charge in [0.15, 0.2) is 0 Å². The Balaban J connectivity index is 0.00000204. The van der Waals surface area contributed by atoms with E-state index in [2.05, 4.69) is 40.3 Å². The molecule has 0 aliphatic carbocycles. The van der Waals surface area contributed by atoms with Crippen LogP contribution in [0.25, 0.3) is 30.5 Å². The molecule has 34 heavy (non-hydrogen) atoms. The molecule has 0 radical (unpaired) electrons. The number of thiazole rings is 1. The third-order valence-corrected chi connectivity index (χ3v) is 7.08. The van der Waals surface area contributed by atoms with Crippen molar-refractivity contribution in [3.63, 3.8) is 0 Å². The zero-order valence-corrected chi connectivity index (χ0v) is 22.7. The van der Waals surface area contributed by atoms with Gasteiger partial charge in [0.2, 0.25) is 0 Å². The second-order valence-corrected chi connectivity index (χ2v) is 10.3. The Kier molecular flexibility index (Phi) is 9.64. The van der Waals surface area contributed by atoms with Crippen molar-refractivity contribution < 1.29 is 0 Å². The fourth-order valence-electron chi connectivity index (χ4n) is 3.31. The van der Waals surface area contributed by atoms with Crippen LogP contribution in [0.2, 0.25) is 0 Å². The summed E-state index contributed by atoms with van der Waals surface area (Å²) in [6, 6.07) is 18.9. The molecule has 2 aromatic carbocycles. The van der Waals surface area contributed by atoms with Gasteiger partial charge in [0.25, 0.3) is 0 Å². The number of aromatic nitrogens is 1. The highest BCUT2D eigenvalue weighted by atomic mass is 35.5. The molecule has 4 aromatic rings. The lowest BCUT2D eigenvalue weighted by atomic mass is 10.1. The molecule has 0 saturated carbocycles. The summed E-state index contributed by atoms with van der Waals surface area (Å²) in [5.41, 5.74) is 16.2. The second-order valence-electron chi connectivity index (χ2n) is 8.16. The summed E-state index contributed by atoms with van der Waals surface area (Å²) in [5, 5.41) is 1.01. The monoisotopic (exact) mass is 533 g/mol. The fraction of sp³-hybridized carbons (Fsp3) is 0.240. The Morgan fingerprint density at radius 1 is 0.735 bits per heavy atom. The smallest absolute Gasteiger partial charge is 0.134 e. The molecule has 0 saturated heterocycles. The number of nitrogens with zero attached hydrogens (tertiary/aromatic N) is 3. The normalized spacial score (nSPS) is 12.2. The van der Waals surface area contributed by atoms with Crippen molar-refractivity contribution in [3.05, 3.63) is 65.7 Å². The fourth-order valence-corrected chi connectivity index (χ4v) is 5.38. The first kappa shape index (κ1) is 27.8. The SMILES string of the molecule is CC(C)N=C(N)c1ccc(-c2ccc(-c3nc4ccc(C(N)=NC(C)C)cc4s3)s2)cc1.Cl.Cl. The minimum Gasteiger partial charge on any atom is -0.383 e. The van der Waals surface area contributed by atoms with Gasteiger partial charge in [-0.05, 0) is 63.6 Å². The molecule has 180 valence electrons. The first-order valence-electron chi connectivity index (χ1n) is 10.6. The van der Waals surface area contributed by atoms with Gasteiger partial charge in [-0.15, -0.1) is 47.5 Å². The van der Waals surface area contributed by atoms with Gasteiger partial charge in [0.05, 0.1) is 15.1 Å². The third-order valence-electron chi connectivity index (χ3n) is 4.76. The van der Waals surface area contributed by atoms with Crippen LogP contribution in [-0.4, -0.2) is 28.7 Å². The summed E-state index contributed by atoms with van der Waals surface area (Å²) in [5.74, 6) is 1.14. The van der Waals surface area contributed by atoms with Gasteiger partial charge in [-0.2, -0.15) is 0 Å². The van der Waals surface area contributed by atoms with E-state index >= 15 is 0 Å². The van der Waals surface area contributed by atoms with Crippen LogP contribution in [0.1, 0.15) is 38.8 Å². The number of hydrogen-bond donors (Lipinski definition) is 2. The predicted molar refractivity (Wildman–Crippen MR) is 155 cm³/mol. The molecular formula is C25H29Cl2N5S2. The Hall–Kier alpha value is -2.45. The molecule has 4 rings (SSSR count). The van der Waals surface area contributed by atoms with Crippen LogP contribution in [0.15, 0.2) is 64.6 Å². The zero-order valence-electron chi connectivity index (χ0n) is 19.5. The van der Waals surface area contributed by atoms with Gasteiger partial charge in [0, 0.05) is 28.1 Å². The summed E-state index contributed by atoms with van der Waals surface area (Å²) in [6.45, 7) is 8.08. The van der Waals surface area contributed by atoms with Crippen molar-refractivity contribution >= 4 is 69.4 Å². The standard InChI is InChI=1S/C25H27N5S2.2ClH/c1-14(2)28-23(26)17-7-5-16(6-8-17)20-11-12-21(31-20)25-30-19-10-9-18(13-22(19)32-25)24(27)29-15(3)4;;/h5-15H,1-4H3,(H2,26,28)(H2,27,29);2*1H. The van der Waals surface area contributed by atoms with E-state index in [1.807, 2.05) is 52.0 Å². The van der Waals surface area contributed by atoms with Crippen molar-refractivity contribution in [3.8, 4) is 20.3 Å². The van der Waals surface area contributed by atoms with Crippen LogP contribution in [0.4, 0.5) is 0 Å². The van der Waals surface area contributed by atoms with E-state index in [1.54, 1.807) is 22.7 Å². The molecule has 2 heterocycles. The Morgan fingerprint density at radius 3 is 1.91 bits per heavy atom. The summed E-state index contributed by atoms with van der Waals surface area (Å²) < 4.78 is 1.11. The van der Waals surface area contributed by atoms with E-state index in [0.717, 1.165) is 36.8 Å². The predicted octanol–water partition coefficient (Wildman–Crippen LogP) is 6.76. The van der Waals surface area contributed by atoms with Crippen LogP contribution in [0.5, 0.6) is 0 Å². The third kappa shape index (κ3) is 6.36. The molecule has 0 spiro atoms. The van der Waals surface area contributed by atoms with E-state index < -0.39 is 0 Å². The Morgan fingerprint density at radius 2 is 1.29 bits per heavy atom. The number of nitrogens with two attached hydrogens (primary N) is 2. The summed E-state index contributed by atoms with van der Waals surface area (Å²) in [6.07, 6.45) is 0. The van der Waals surface area contributed by atoms with E-state index in [1.165, 1.54) is 4.88 Å². The number of rotatable bonds is 6. The number of aliphatic imine (C=N–C) groups is 2. The highest BCUT2D eigenvalue weighted by molar-refractivity contribution is 7.26. The van der Waals surface area contributed by atoms with Gasteiger partial charge in [0.1, 0.15) is 16.7 Å². The lowest BCUT2D eigenvalue weighted by molar-refractivity contribution is 0.834. The van der Waals surface area contributed by atoms with Gasteiger partial charge < -0.3 is 11.5 Å². The molecular weight excluding hydrogens is 505 g/mol. The number of amidine groups is 2. The molecule has 0 atom stereocenters. The lowest BCUT2D eigenvalue weighted by Crippen LogP contribution is -2.15. The first-order chi connectivity index (χ1) is 15.3. The topological polar surface area (TPSA) is 89.6 Å². The van der Waals surface area contributed by atoms with Crippen LogP contribution in [0.3, 0.4) is 0 Å². The minimum absolute atomic E-state index is 0. The minimum atomic E-state index is 0. The number of fused-ring (bicyclic) bond motifs is 1. The average Bonchev–Trinajstić information content (AvgIpc) is 3.39. The second kappa shape index (κ2) is 11.8. The number of thiophene rings is 1. The highest BCUT2D eigenvalue weighted by Crippen LogP contribution is 2.38. The number of halogens is 2. The molecule has 4 N–H and O–H groups in total. The van der Waals surface area contributed by atoms with Crippen molar-refractivity contribution in [2.24, 2.45) is 21.5 Å².